The molecule has 19 heteroatoms. The molecular weight excluding hydrogens is 951 g/mol. The zero-order chi connectivity index (χ0) is 53.4. The van der Waals surface area contributed by atoms with Crippen LogP contribution in [0.5, 0.6) is 0 Å². The van der Waals surface area contributed by atoms with Gasteiger partial charge < -0.3 is 89.9 Å². The van der Waals surface area contributed by atoms with Crippen molar-refractivity contribution in [3.63, 3.8) is 0 Å². The summed E-state index contributed by atoms with van der Waals surface area (Å²) in [6, 6.07) is -0.991. The number of nitrogens with one attached hydrogen (secondary N) is 1. The Balaban J connectivity index is 1.56. The van der Waals surface area contributed by atoms with E-state index in [2.05, 4.69) is 43.5 Å². The topological polar surface area (TPSA) is 307 Å². The van der Waals surface area contributed by atoms with Crippen LogP contribution in [0.1, 0.15) is 168 Å². The van der Waals surface area contributed by atoms with Crippen LogP contribution in [0.15, 0.2) is 36.5 Å². The molecule has 3 fully saturated rings. The molecule has 73 heavy (non-hydrogen) atoms. The highest BCUT2D eigenvalue weighted by atomic mass is 16.8. The second kappa shape index (κ2) is 38.5. The molecule has 0 spiro atoms. The molecule has 3 aliphatic rings. The van der Waals surface area contributed by atoms with E-state index in [0.717, 1.165) is 57.8 Å². The van der Waals surface area contributed by atoms with Crippen LogP contribution in [-0.2, 0) is 33.2 Å². The van der Waals surface area contributed by atoms with E-state index < -0.39 is 124 Å². The number of unbranched alkanes of at least 4 members (excludes halogenated alkanes) is 19. The highest BCUT2D eigenvalue weighted by Crippen LogP contribution is 2.33. The van der Waals surface area contributed by atoms with Gasteiger partial charge in [0.15, 0.2) is 18.9 Å². The lowest BCUT2D eigenvalue weighted by atomic mass is 9.96. The number of carbonyl (C=O) groups excluding carboxylic acids is 1. The molecule has 426 valence electrons. The van der Waals surface area contributed by atoms with Crippen molar-refractivity contribution in [1.82, 2.24) is 5.32 Å². The predicted octanol–water partition coefficient (Wildman–Crippen LogP) is 3.37. The molecule has 3 saturated heterocycles. The lowest BCUT2D eigenvalue weighted by Crippen LogP contribution is -2.66. The fourth-order valence-corrected chi connectivity index (χ4v) is 9.26. The third kappa shape index (κ3) is 23.7. The maximum absolute atomic E-state index is 13.2. The van der Waals surface area contributed by atoms with Crippen LogP contribution >= 0.6 is 0 Å². The third-order valence-corrected chi connectivity index (χ3v) is 13.9. The molecule has 12 N–H and O–H groups in total. The lowest BCUT2D eigenvalue weighted by molar-refractivity contribution is -0.379. The van der Waals surface area contributed by atoms with Crippen molar-refractivity contribution in [2.75, 3.05) is 26.4 Å². The quantitative estimate of drug-likeness (QED) is 0.0310. The van der Waals surface area contributed by atoms with Gasteiger partial charge in [-0.3, -0.25) is 4.79 Å². The molecule has 17 atom stereocenters. The number of rotatable bonds is 39. The van der Waals surface area contributed by atoms with E-state index in [1.807, 2.05) is 6.08 Å². The van der Waals surface area contributed by atoms with Gasteiger partial charge in [-0.2, -0.15) is 0 Å². The molecule has 19 nitrogen and oxygen atoms in total. The van der Waals surface area contributed by atoms with Gasteiger partial charge in [-0.05, 0) is 57.8 Å². The number of allylic oxidation sites excluding steroid dienone is 5. The van der Waals surface area contributed by atoms with E-state index in [0.29, 0.717) is 12.8 Å². The van der Waals surface area contributed by atoms with Crippen LogP contribution in [0, 0.1) is 0 Å². The number of amides is 1. The smallest absolute Gasteiger partial charge is 0.220 e. The second-order valence-electron chi connectivity index (χ2n) is 20.0. The van der Waals surface area contributed by atoms with Crippen LogP contribution in [-0.4, -0.2) is 193 Å². The van der Waals surface area contributed by atoms with E-state index in [1.165, 1.54) is 77.0 Å². The molecule has 0 aliphatic carbocycles. The first-order valence-corrected chi connectivity index (χ1v) is 27.7. The summed E-state index contributed by atoms with van der Waals surface area (Å²) >= 11 is 0. The van der Waals surface area contributed by atoms with E-state index in [-0.39, 0.29) is 18.9 Å². The Morgan fingerprint density at radius 1 is 0.479 bits per heavy atom. The summed E-state index contributed by atoms with van der Waals surface area (Å²) in [6.07, 6.45) is 11.4. The van der Waals surface area contributed by atoms with Gasteiger partial charge in [0.25, 0.3) is 0 Å². The number of hydrogen-bond donors (Lipinski definition) is 12. The molecule has 1 amide bonds. The van der Waals surface area contributed by atoms with Crippen molar-refractivity contribution in [3.8, 4) is 0 Å². The SMILES string of the molecule is CCCCCC/C=C\CCCCCCCC(=O)NC(COC1OC(CO)C(OC2OC(CO)C(OC3OC(CO)C(O)C(O)C3O)C(O)C2O)C(O)C1O)C(O)/C=C/CC/C=C/CCCCCCCCCCC. The highest BCUT2D eigenvalue weighted by Gasteiger charge is 2.53. The number of carbonyl (C=O) groups is 1. The Kier molecular flexibility index (Phi) is 34.5. The summed E-state index contributed by atoms with van der Waals surface area (Å²) in [5.74, 6) is -0.298. The number of ether oxygens (including phenoxy) is 6. The zero-order valence-electron chi connectivity index (χ0n) is 43.9. The third-order valence-electron chi connectivity index (χ3n) is 13.9. The summed E-state index contributed by atoms with van der Waals surface area (Å²) in [4.78, 5) is 13.2. The molecular formula is C54H97NO18. The molecule has 3 rings (SSSR count). The molecule has 3 heterocycles. The summed E-state index contributed by atoms with van der Waals surface area (Å²) in [5.41, 5.74) is 0. The normalized spacial score (nSPS) is 32.0. The Morgan fingerprint density at radius 3 is 1.38 bits per heavy atom. The molecule has 0 radical (unpaired) electrons. The molecule has 0 aromatic carbocycles. The maximum atomic E-state index is 13.2. The average Bonchev–Trinajstić information content (AvgIpc) is 3.39. The van der Waals surface area contributed by atoms with E-state index in [4.69, 9.17) is 28.4 Å². The first kappa shape index (κ1) is 65.3. The first-order chi connectivity index (χ1) is 35.3. The van der Waals surface area contributed by atoms with Gasteiger partial charge in [-0.25, -0.2) is 0 Å². The van der Waals surface area contributed by atoms with Gasteiger partial charge in [0.2, 0.25) is 5.91 Å². The Hall–Kier alpha value is -1.99. The van der Waals surface area contributed by atoms with Gasteiger partial charge in [0.05, 0.1) is 38.6 Å². The van der Waals surface area contributed by atoms with Crippen molar-refractivity contribution >= 4 is 5.91 Å². The molecule has 0 bridgehead atoms. The fourth-order valence-electron chi connectivity index (χ4n) is 9.26. The molecule has 0 aromatic rings. The zero-order valence-corrected chi connectivity index (χ0v) is 43.9. The minimum Gasteiger partial charge on any atom is -0.394 e. The van der Waals surface area contributed by atoms with Gasteiger partial charge >= 0.3 is 0 Å². The summed E-state index contributed by atoms with van der Waals surface area (Å²) in [6.45, 7) is 1.64. The molecule has 3 aliphatic heterocycles. The standard InChI is InChI=1S/C54H97NO18/c1-3-5-7-9-11-13-15-17-18-20-21-23-25-27-29-31-38(59)37(55-42(60)32-30-28-26-24-22-19-16-14-12-10-8-6-4-2)36-68-52-48(66)45(63)50(40(34-57)70-52)73-54-49(67)46(64)51(41(35-58)71-54)72-53-47(65)44(62)43(61)39(33-56)69-53/h14,16,21,23,29,31,37-41,43-54,56-59,61-67H,3-13,15,17-20,22,24-28,30,32-36H2,1-2H3,(H,55,60)/b16-14-,23-21+,31-29+. The summed E-state index contributed by atoms with van der Waals surface area (Å²) in [5, 5.41) is 120. The van der Waals surface area contributed by atoms with Crippen molar-refractivity contribution in [2.45, 2.75) is 272 Å². The maximum Gasteiger partial charge on any atom is 0.220 e. The van der Waals surface area contributed by atoms with E-state index in [9.17, 15) is 61.0 Å². The largest absolute Gasteiger partial charge is 0.394 e. The van der Waals surface area contributed by atoms with Crippen LogP contribution < -0.4 is 5.32 Å². The molecule has 17 unspecified atom stereocenters. The minimum absolute atomic E-state index is 0.225. The van der Waals surface area contributed by atoms with Crippen LogP contribution in [0.2, 0.25) is 0 Å². The van der Waals surface area contributed by atoms with Gasteiger partial charge in [-0.1, -0.05) is 140 Å². The minimum atomic E-state index is -1.98. The Morgan fingerprint density at radius 2 is 0.877 bits per heavy atom. The van der Waals surface area contributed by atoms with Gasteiger partial charge in [-0.15, -0.1) is 0 Å². The van der Waals surface area contributed by atoms with Gasteiger partial charge in [0.1, 0.15) is 73.2 Å². The number of aliphatic hydroxyl groups excluding tert-OH is 11. The van der Waals surface area contributed by atoms with E-state index in [1.54, 1.807) is 6.08 Å². The average molecular weight is 1050 g/mol. The number of hydrogen-bond acceptors (Lipinski definition) is 18. The first-order valence-electron chi connectivity index (χ1n) is 27.7. The van der Waals surface area contributed by atoms with Crippen molar-refractivity contribution < 1.29 is 89.4 Å². The van der Waals surface area contributed by atoms with Crippen LogP contribution in [0.25, 0.3) is 0 Å². The van der Waals surface area contributed by atoms with Gasteiger partial charge in [0, 0.05) is 6.42 Å². The second-order valence-corrected chi connectivity index (χ2v) is 20.0. The van der Waals surface area contributed by atoms with E-state index >= 15 is 0 Å². The Labute approximate surface area is 434 Å². The van der Waals surface area contributed by atoms with Crippen LogP contribution in [0.4, 0.5) is 0 Å². The summed E-state index contributed by atoms with van der Waals surface area (Å²) in [7, 11) is 0. The fraction of sp³-hybridized carbons (Fsp3) is 0.870. The monoisotopic (exact) mass is 1050 g/mol. The summed E-state index contributed by atoms with van der Waals surface area (Å²) < 4.78 is 34.1. The van der Waals surface area contributed by atoms with Crippen molar-refractivity contribution in [1.29, 1.82) is 0 Å². The highest BCUT2D eigenvalue weighted by molar-refractivity contribution is 5.76. The number of aliphatic hydroxyl groups is 11. The van der Waals surface area contributed by atoms with Crippen molar-refractivity contribution in [3.05, 3.63) is 36.5 Å². The molecule has 0 saturated carbocycles. The molecule has 0 aromatic heterocycles. The lowest BCUT2D eigenvalue weighted by Gasteiger charge is -2.48. The van der Waals surface area contributed by atoms with Crippen molar-refractivity contribution in [2.24, 2.45) is 0 Å². The Bertz CT molecular complexity index is 1490. The van der Waals surface area contributed by atoms with Crippen LogP contribution in [0.3, 0.4) is 0 Å². The predicted molar refractivity (Wildman–Crippen MR) is 272 cm³/mol.